The molecular formula is C110H106ClFN18O15S. The van der Waals surface area contributed by atoms with Gasteiger partial charge in [-0.25, -0.2) is 9.37 Å². The molecule has 0 saturated heterocycles. The van der Waals surface area contributed by atoms with Crippen molar-refractivity contribution < 1.29 is 49.2 Å². The van der Waals surface area contributed by atoms with Gasteiger partial charge in [-0.05, 0) is 106 Å². The second-order valence-electron chi connectivity index (χ2n) is 37.4. The quantitative estimate of drug-likeness (QED) is 0.0531. The average molecular weight is 2010 g/mol. The van der Waals surface area contributed by atoms with Crippen LogP contribution in [0.3, 0.4) is 0 Å². The molecule has 0 amide bonds. The summed E-state index contributed by atoms with van der Waals surface area (Å²) in [5.41, 5.74) is 17.2. The second-order valence-corrected chi connectivity index (χ2v) is 38.3. The number of hydrogen-bond donors (Lipinski definition) is 7. The first-order chi connectivity index (χ1) is 71.0. The fourth-order valence-electron chi connectivity index (χ4n) is 20.1. The van der Waals surface area contributed by atoms with Crippen molar-refractivity contribution in [3.8, 4) is 51.7 Å². The fraction of sp³-hybridized carbons (Fsp3) is 0.264. The van der Waals surface area contributed by atoms with Crippen molar-refractivity contribution in [3.63, 3.8) is 0 Å². The summed E-state index contributed by atoms with van der Waals surface area (Å²) in [4.78, 5) is 100. The summed E-state index contributed by atoms with van der Waals surface area (Å²) < 4.78 is 50.8. The number of aromatic hydroxyl groups is 6. The Hall–Kier alpha value is -15.7. The third kappa shape index (κ3) is 22.7. The molecule has 2 unspecified atom stereocenters. The highest BCUT2D eigenvalue weighted by molar-refractivity contribution is 7.00. The maximum atomic E-state index is 13.6. The van der Waals surface area contributed by atoms with Crippen LogP contribution in [0.1, 0.15) is 103 Å². The van der Waals surface area contributed by atoms with Crippen molar-refractivity contribution in [2.24, 2.45) is 0 Å². The van der Waals surface area contributed by atoms with Crippen LogP contribution >= 0.6 is 23.3 Å². The topological polar surface area (TPSA) is 381 Å². The van der Waals surface area contributed by atoms with E-state index in [1.807, 2.05) is 125 Å². The number of benzene rings is 7. The largest absolute Gasteiger partial charge is 0.503 e. The van der Waals surface area contributed by atoms with Gasteiger partial charge in [-0.2, -0.15) is 8.75 Å². The predicted molar refractivity (Wildman–Crippen MR) is 550 cm³/mol. The third-order valence-corrected chi connectivity index (χ3v) is 28.4. The molecule has 10 aromatic heterocycles. The highest BCUT2D eigenvalue weighted by Crippen LogP contribution is 2.42. The van der Waals surface area contributed by atoms with Crippen molar-refractivity contribution in [1.29, 1.82) is 0 Å². The molecule has 0 bridgehead atoms. The molecule has 17 aromatic rings. The van der Waals surface area contributed by atoms with Crippen LogP contribution in [0.15, 0.2) is 291 Å². The van der Waals surface area contributed by atoms with Gasteiger partial charge in [0.1, 0.15) is 35.8 Å². The Balaban J connectivity index is 0.000000107. The van der Waals surface area contributed by atoms with E-state index in [9.17, 15) is 63.8 Å². The van der Waals surface area contributed by atoms with Crippen LogP contribution < -0.4 is 46.8 Å². The van der Waals surface area contributed by atoms with Gasteiger partial charge in [0.15, 0.2) is 46.0 Å². The van der Waals surface area contributed by atoms with E-state index in [1.54, 1.807) is 24.7 Å². The summed E-state index contributed by atoms with van der Waals surface area (Å²) in [7, 11) is 0. The second kappa shape index (κ2) is 43.8. The minimum Gasteiger partial charge on any atom is -0.503 e. The number of nitrogens with zero attached hydrogens (tertiary/aromatic N) is 17. The van der Waals surface area contributed by atoms with Crippen molar-refractivity contribution in [1.82, 2.24) is 85.5 Å². The molecule has 7 aromatic carbocycles. The number of pyridine rings is 8. The molecule has 0 radical (unpaired) electrons. The number of rotatable bonds is 14. The van der Waals surface area contributed by atoms with E-state index < -0.39 is 5.43 Å². The molecule has 0 aliphatic carbocycles. The molecule has 146 heavy (non-hydrogen) atoms. The highest BCUT2D eigenvalue weighted by atomic mass is 35.5. The minimum absolute atomic E-state index is 0.166. The van der Waals surface area contributed by atoms with E-state index >= 15 is 0 Å². The van der Waals surface area contributed by atoms with Crippen molar-refractivity contribution in [2.45, 2.75) is 130 Å². The van der Waals surface area contributed by atoms with Crippen molar-refractivity contribution in [2.75, 3.05) is 59.1 Å². The highest BCUT2D eigenvalue weighted by Gasteiger charge is 2.33. The third-order valence-electron chi connectivity index (χ3n) is 27.5. The SMILES string of the molecule is O=c1cc2n(cc1O)CCN(Cc1cc3c(cc1Cl)C(c1cnc[nH]1)CCO3)C2.O=c1cc2n(cc1O)CCN(Cc1ccc3c(c1)OCCO3)C2.O=c1cc2n(cc1O)CCN(Cc1ccc3nsnc3c1)C2.O=c1cc2n(cc1O)CCN(Cc1cccc3cccnc13)C2.O=c1cc2n(cc1O)CCN(Cc1cccc3cccnc13)C2c1ccc(F)cc1.O=c1cc2n(cc1O)CCN(Cc1ccccc1)C2. The summed E-state index contributed by atoms with van der Waals surface area (Å²) in [6.45, 7) is 19.3. The van der Waals surface area contributed by atoms with E-state index in [4.69, 9.17) is 25.8 Å². The molecule has 18 heterocycles. The molecule has 0 spiro atoms. The summed E-state index contributed by atoms with van der Waals surface area (Å²) in [5.74, 6) is 1.18. The van der Waals surface area contributed by atoms with Gasteiger partial charge >= 0.3 is 0 Å². The lowest BCUT2D eigenvalue weighted by atomic mass is 9.89. The Morgan fingerprint density at radius 3 is 1.34 bits per heavy atom. The molecule has 25 rings (SSSR count). The molecule has 746 valence electrons. The molecule has 8 aliphatic rings. The fourth-order valence-corrected chi connectivity index (χ4v) is 20.8. The number of nitrogens with one attached hydrogen (secondary N) is 1. The number of para-hydroxylation sites is 2. The van der Waals surface area contributed by atoms with Gasteiger partial charge < -0.3 is 77.2 Å². The Morgan fingerprint density at radius 1 is 0.384 bits per heavy atom. The lowest BCUT2D eigenvalue weighted by molar-refractivity contribution is 0.170. The van der Waals surface area contributed by atoms with Crippen LogP contribution in [0.2, 0.25) is 5.02 Å². The standard InChI is InChI=1S/C24H20FN3O2.C21H21ClN4O3.C18H17N3O2.C17H18N2O4.C15H14N4O2S.C15H16N2O2/c25-19-8-6-17(7-9-19)24-20-13-21(29)22(30)15-27(20)11-12-28(24)14-18-4-1-3-16-5-2-10-26-23(16)18;22-17-7-16-15(18-8-23-12-24-18)1-4-29-21(16)5-13(17)9-25-2-3-26-11-20(28)19(27)6-14(26)10-25;22-16-9-15-11-20(7-8-21(15)12-17(16)23)10-14-4-1-3-13-5-2-6-19-18(13)14;20-14-8-13-10-18(3-4-19(13)11-15(14)21)9-12-1-2-16-17(7-12)23-6-5-22-16;20-14-6-11-8-18(3-4-19(11)9-15(14)21)7-10-1-2-12-13(5-10)17-22-16-12;18-14-8-13-10-16(6-7-17(13)11-15(14)19)9-12-4-2-1-3-5-12/h1-10,13,15,24,30H,11-12,14H2;5-8,11-12,15,28H,1-4,9-10H2,(H,23,24);1-6,9,12,23H,7-8,10-11H2;1-2,7-8,11,21H,3-6,9-10H2;1-2,5-6,9,21H,3-4,7-8H2;1-5,8,11,19H,6-7,9-10H2. The zero-order valence-electron chi connectivity index (χ0n) is 79.7. The lowest BCUT2D eigenvalue weighted by Crippen LogP contribution is -2.39. The zero-order chi connectivity index (χ0) is 101. The number of aromatic nitrogens is 12. The first-order valence-electron chi connectivity index (χ1n) is 48.4. The van der Waals surface area contributed by atoms with Crippen LogP contribution in [-0.2, 0) is 111 Å². The molecule has 0 fully saturated rings. The summed E-state index contributed by atoms with van der Waals surface area (Å²) in [6, 6.07) is 62.1. The van der Waals surface area contributed by atoms with Gasteiger partial charge in [0.2, 0.25) is 32.6 Å². The van der Waals surface area contributed by atoms with Crippen LogP contribution in [0.4, 0.5) is 4.39 Å². The monoisotopic (exact) mass is 2000 g/mol. The molecule has 2 atom stereocenters. The summed E-state index contributed by atoms with van der Waals surface area (Å²) >= 11 is 7.88. The van der Waals surface area contributed by atoms with Gasteiger partial charge in [0.05, 0.1) is 78.9 Å². The Morgan fingerprint density at radius 2 is 0.822 bits per heavy atom. The Labute approximate surface area is 845 Å². The van der Waals surface area contributed by atoms with Gasteiger partial charge in [0.25, 0.3) is 0 Å². The van der Waals surface area contributed by atoms with E-state index in [0.717, 1.165) is 216 Å². The van der Waals surface area contributed by atoms with Gasteiger partial charge in [-0.3, -0.25) is 68.1 Å². The predicted octanol–water partition coefficient (Wildman–Crippen LogP) is 13.3. The normalized spacial score (nSPS) is 16.3. The summed E-state index contributed by atoms with van der Waals surface area (Å²) in [6.07, 6.45) is 17.2. The lowest BCUT2D eigenvalue weighted by Gasteiger charge is -2.38. The number of imidazole rings is 1. The van der Waals surface area contributed by atoms with Crippen LogP contribution in [0, 0.1) is 5.82 Å². The van der Waals surface area contributed by atoms with Crippen LogP contribution in [0.5, 0.6) is 51.7 Å². The number of halogens is 2. The van der Waals surface area contributed by atoms with E-state index in [0.29, 0.717) is 83.7 Å². The number of hydrogen-bond acceptors (Lipinski definition) is 27. The van der Waals surface area contributed by atoms with Gasteiger partial charge in [-0.1, -0.05) is 115 Å². The molecule has 8 aliphatic heterocycles. The van der Waals surface area contributed by atoms with Crippen LogP contribution in [-0.4, -0.2) is 175 Å². The summed E-state index contributed by atoms with van der Waals surface area (Å²) in [5, 5.41) is 60.4. The Bertz CT molecular complexity index is 8050. The first kappa shape index (κ1) is 97.7. The Kier molecular flexibility index (Phi) is 29.3. The van der Waals surface area contributed by atoms with E-state index in [2.05, 4.69) is 113 Å². The van der Waals surface area contributed by atoms with Crippen LogP contribution in [0.25, 0.3) is 32.8 Å². The maximum absolute atomic E-state index is 13.6. The average Bonchev–Trinajstić information content (AvgIpc) is 0.866. The smallest absolute Gasteiger partial charge is 0.223 e. The van der Waals surface area contributed by atoms with Crippen molar-refractivity contribution in [3.05, 3.63) is 419 Å². The number of H-pyrrole nitrogens is 1. The minimum atomic E-state index is -0.415. The number of fused-ring (bicyclic) bond motifs is 11. The van der Waals surface area contributed by atoms with E-state index in [-0.39, 0.29) is 79.4 Å². The van der Waals surface area contributed by atoms with Gasteiger partial charge in [0, 0.05) is 273 Å². The van der Waals surface area contributed by atoms with Gasteiger partial charge in [-0.15, -0.1) is 0 Å². The molecule has 0 saturated carbocycles. The first-order valence-corrected chi connectivity index (χ1v) is 49.5. The molecular weight excluding hydrogens is 1900 g/mol. The number of aromatic amines is 1. The molecule has 33 nitrogen and oxygen atoms in total. The molecule has 7 N–H and O–H groups in total. The zero-order valence-corrected chi connectivity index (χ0v) is 81.3. The number of ether oxygens (including phenoxy) is 3. The van der Waals surface area contributed by atoms with E-state index in [1.165, 1.54) is 114 Å². The molecule has 36 heteroatoms. The maximum Gasteiger partial charge on any atom is 0.223 e. The van der Waals surface area contributed by atoms with Crippen molar-refractivity contribution >= 4 is 56.2 Å².